The van der Waals surface area contributed by atoms with Gasteiger partial charge in [0.15, 0.2) is 0 Å². The van der Waals surface area contributed by atoms with Crippen LogP contribution in [0.1, 0.15) is 32.3 Å². The molecule has 0 radical (unpaired) electrons. The Kier molecular flexibility index (Phi) is 3.14. The molecular formula is C9H16N2O. The van der Waals surface area contributed by atoms with Crippen molar-refractivity contribution in [3.8, 4) is 0 Å². The Balaban J connectivity index is 2.90. The van der Waals surface area contributed by atoms with Crippen molar-refractivity contribution in [2.24, 2.45) is 0 Å². The molecule has 0 spiro atoms. The lowest BCUT2D eigenvalue weighted by Crippen LogP contribution is -2.16. The molecule has 0 saturated carbocycles. The number of nitrogens with zero attached hydrogens (tertiary/aromatic N) is 2. The minimum atomic E-state index is 0.691. The van der Waals surface area contributed by atoms with Crippen molar-refractivity contribution in [3.63, 3.8) is 0 Å². The minimum Gasteiger partial charge on any atom is -0.413 e. The van der Waals surface area contributed by atoms with E-state index in [9.17, 15) is 0 Å². The molecule has 0 unspecified atom stereocenters. The van der Waals surface area contributed by atoms with Crippen LogP contribution in [-0.4, -0.2) is 16.3 Å². The molecule has 1 heterocycles. The van der Waals surface area contributed by atoms with E-state index in [-0.39, 0.29) is 0 Å². The standard InChI is InChI=1S/C9H16N2O/c1-4-8-7-10-9(5-2)11(8)12-6-3/h7H,4-6H2,1-3H3. The van der Waals surface area contributed by atoms with E-state index in [1.54, 1.807) is 0 Å². The summed E-state index contributed by atoms with van der Waals surface area (Å²) in [4.78, 5) is 9.71. The predicted molar refractivity (Wildman–Crippen MR) is 48.1 cm³/mol. The molecule has 3 nitrogen and oxygen atoms in total. The van der Waals surface area contributed by atoms with Gasteiger partial charge < -0.3 is 4.84 Å². The van der Waals surface area contributed by atoms with E-state index in [2.05, 4.69) is 18.8 Å². The number of hydrogen-bond acceptors (Lipinski definition) is 2. The van der Waals surface area contributed by atoms with E-state index in [1.165, 1.54) is 0 Å². The van der Waals surface area contributed by atoms with Gasteiger partial charge in [-0.15, -0.1) is 0 Å². The van der Waals surface area contributed by atoms with Gasteiger partial charge in [-0.3, -0.25) is 0 Å². The van der Waals surface area contributed by atoms with Crippen molar-refractivity contribution >= 4 is 0 Å². The van der Waals surface area contributed by atoms with Gasteiger partial charge in [0.2, 0.25) is 0 Å². The van der Waals surface area contributed by atoms with Gasteiger partial charge in [0, 0.05) is 6.42 Å². The van der Waals surface area contributed by atoms with Crippen molar-refractivity contribution in [1.82, 2.24) is 9.71 Å². The normalized spacial score (nSPS) is 10.2. The van der Waals surface area contributed by atoms with Crippen LogP contribution in [0.25, 0.3) is 0 Å². The zero-order valence-electron chi connectivity index (χ0n) is 8.00. The zero-order chi connectivity index (χ0) is 8.97. The second kappa shape index (κ2) is 4.14. The van der Waals surface area contributed by atoms with Crippen LogP contribution >= 0.6 is 0 Å². The van der Waals surface area contributed by atoms with Gasteiger partial charge in [-0.2, -0.15) is 4.73 Å². The lowest BCUT2D eigenvalue weighted by atomic mass is 10.4. The Morgan fingerprint density at radius 2 is 2.08 bits per heavy atom. The van der Waals surface area contributed by atoms with E-state index in [4.69, 9.17) is 4.84 Å². The minimum absolute atomic E-state index is 0.691. The molecule has 3 heteroatoms. The van der Waals surface area contributed by atoms with Crippen LogP contribution in [0.3, 0.4) is 0 Å². The van der Waals surface area contributed by atoms with Crippen LogP contribution in [0.4, 0.5) is 0 Å². The molecule has 0 aliphatic heterocycles. The first-order chi connectivity index (χ1) is 5.83. The fourth-order valence-electron chi connectivity index (χ4n) is 1.18. The first-order valence-corrected chi connectivity index (χ1v) is 4.52. The fourth-order valence-corrected chi connectivity index (χ4v) is 1.18. The molecule has 0 saturated heterocycles. The van der Waals surface area contributed by atoms with Gasteiger partial charge in [0.1, 0.15) is 12.4 Å². The smallest absolute Gasteiger partial charge is 0.144 e. The Morgan fingerprint density at radius 1 is 1.33 bits per heavy atom. The Bertz CT molecular complexity index is 221. The van der Waals surface area contributed by atoms with Gasteiger partial charge in [0.05, 0.1) is 11.9 Å². The molecule has 12 heavy (non-hydrogen) atoms. The first-order valence-electron chi connectivity index (χ1n) is 4.52. The van der Waals surface area contributed by atoms with Crippen LogP contribution in [0.15, 0.2) is 6.20 Å². The maximum Gasteiger partial charge on any atom is 0.144 e. The van der Waals surface area contributed by atoms with Crippen LogP contribution in [0, 0.1) is 0 Å². The molecule has 0 fully saturated rings. The molecule has 1 aromatic rings. The lowest BCUT2D eigenvalue weighted by molar-refractivity contribution is 0.108. The predicted octanol–water partition coefficient (Wildman–Crippen LogP) is 1.46. The Labute approximate surface area is 73.3 Å². The summed E-state index contributed by atoms with van der Waals surface area (Å²) in [5.74, 6) is 1.01. The highest BCUT2D eigenvalue weighted by Crippen LogP contribution is 2.04. The third kappa shape index (κ3) is 1.60. The number of hydrogen-bond donors (Lipinski definition) is 0. The first kappa shape index (κ1) is 9.10. The van der Waals surface area contributed by atoms with Crippen molar-refractivity contribution in [1.29, 1.82) is 0 Å². The van der Waals surface area contributed by atoms with Gasteiger partial charge in [-0.05, 0) is 13.3 Å². The number of aryl methyl sites for hydroxylation is 2. The van der Waals surface area contributed by atoms with E-state index in [0.717, 1.165) is 24.4 Å². The van der Waals surface area contributed by atoms with Crippen molar-refractivity contribution in [3.05, 3.63) is 17.7 Å². The van der Waals surface area contributed by atoms with Crippen LogP contribution < -0.4 is 4.84 Å². The fraction of sp³-hybridized carbons (Fsp3) is 0.667. The molecule has 0 aliphatic rings. The second-order valence-corrected chi connectivity index (χ2v) is 2.59. The lowest BCUT2D eigenvalue weighted by Gasteiger charge is -2.09. The van der Waals surface area contributed by atoms with E-state index < -0.39 is 0 Å². The van der Waals surface area contributed by atoms with Crippen molar-refractivity contribution in [2.75, 3.05) is 6.61 Å². The maximum atomic E-state index is 5.44. The van der Waals surface area contributed by atoms with E-state index in [0.29, 0.717) is 6.61 Å². The molecule has 0 amide bonds. The molecule has 1 aromatic heterocycles. The summed E-state index contributed by atoms with van der Waals surface area (Å²) in [5.41, 5.74) is 1.15. The molecular weight excluding hydrogens is 152 g/mol. The summed E-state index contributed by atoms with van der Waals surface area (Å²) >= 11 is 0. The molecule has 0 bridgehead atoms. The van der Waals surface area contributed by atoms with Crippen molar-refractivity contribution < 1.29 is 4.84 Å². The molecule has 68 valence electrons. The SMILES string of the molecule is CCOn1c(CC)cnc1CC. The summed E-state index contributed by atoms with van der Waals surface area (Å²) < 4.78 is 1.85. The second-order valence-electron chi connectivity index (χ2n) is 2.59. The highest BCUT2D eigenvalue weighted by molar-refractivity contribution is 5.03. The third-order valence-electron chi connectivity index (χ3n) is 1.79. The van der Waals surface area contributed by atoms with Gasteiger partial charge in [0.25, 0.3) is 0 Å². The van der Waals surface area contributed by atoms with Gasteiger partial charge >= 0.3 is 0 Å². The highest BCUT2D eigenvalue weighted by atomic mass is 16.7. The average molecular weight is 168 g/mol. The zero-order valence-corrected chi connectivity index (χ0v) is 8.00. The quantitative estimate of drug-likeness (QED) is 0.680. The topological polar surface area (TPSA) is 27.1 Å². The maximum absolute atomic E-state index is 5.44. The monoisotopic (exact) mass is 168 g/mol. The van der Waals surface area contributed by atoms with Gasteiger partial charge in [-0.1, -0.05) is 13.8 Å². The number of imidazole rings is 1. The summed E-state index contributed by atoms with van der Waals surface area (Å²) in [6.45, 7) is 6.86. The summed E-state index contributed by atoms with van der Waals surface area (Å²) in [6, 6.07) is 0. The number of rotatable bonds is 4. The van der Waals surface area contributed by atoms with E-state index >= 15 is 0 Å². The molecule has 0 aliphatic carbocycles. The number of aromatic nitrogens is 2. The Morgan fingerprint density at radius 3 is 2.58 bits per heavy atom. The van der Waals surface area contributed by atoms with Crippen LogP contribution in [0.5, 0.6) is 0 Å². The van der Waals surface area contributed by atoms with E-state index in [1.807, 2.05) is 17.9 Å². The Hall–Kier alpha value is -0.990. The van der Waals surface area contributed by atoms with Gasteiger partial charge in [-0.25, -0.2) is 4.98 Å². The molecule has 0 atom stereocenters. The average Bonchev–Trinajstić information content (AvgIpc) is 2.48. The van der Waals surface area contributed by atoms with Crippen LogP contribution in [0.2, 0.25) is 0 Å². The van der Waals surface area contributed by atoms with Crippen LogP contribution in [-0.2, 0) is 12.8 Å². The summed E-state index contributed by atoms with van der Waals surface area (Å²) in [7, 11) is 0. The third-order valence-corrected chi connectivity index (χ3v) is 1.79. The summed E-state index contributed by atoms with van der Waals surface area (Å²) in [6.07, 6.45) is 3.77. The summed E-state index contributed by atoms with van der Waals surface area (Å²) in [5, 5.41) is 0. The highest BCUT2D eigenvalue weighted by Gasteiger charge is 2.06. The molecule has 0 aromatic carbocycles. The largest absolute Gasteiger partial charge is 0.413 e. The van der Waals surface area contributed by atoms with Crippen molar-refractivity contribution in [2.45, 2.75) is 33.6 Å². The molecule has 1 rings (SSSR count). The molecule has 0 N–H and O–H groups in total.